The maximum atomic E-state index is 10.4. The van der Waals surface area contributed by atoms with Crippen molar-refractivity contribution in [3.8, 4) is 0 Å². The van der Waals surface area contributed by atoms with Gasteiger partial charge in [0.1, 0.15) is 0 Å². The summed E-state index contributed by atoms with van der Waals surface area (Å²) in [5, 5.41) is 31.1. The third-order valence-electron chi connectivity index (χ3n) is 1.60. The van der Waals surface area contributed by atoms with Gasteiger partial charge in [0.25, 0.3) is 5.69 Å². The maximum Gasteiger partial charge on any atom is 0.270 e. The first kappa shape index (κ1) is 10.6. The van der Waals surface area contributed by atoms with E-state index in [4.69, 9.17) is 0 Å². The smallest absolute Gasteiger partial charge is 0.270 e. The molecule has 78 valence electrons. The Bertz CT molecular complexity index is 373. The highest BCUT2D eigenvalue weighted by atomic mass is 16.6. The minimum absolute atomic E-state index is 0.580. The molecule has 0 aliphatic rings. The van der Waals surface area contributed by atoms with Gasteiger partial charge in [-0.2, -0.15) is 0 Å². The van der Waals surface area contributed by atoms with Crippen molar-refractivity contribution in [3.05, 3.63) is 39.4 Å². The number of carbonyl (C=O) groups excluding carboxylic acids is 2. The molecule has 0 atom stereocenters. The number of carboxylic acids is 2. The van der Waals surface area contributed by atoms with E-state index in [9.17, 15) is 29.9 Å². The monoisotopic (exact) mass is 209 g/mol. The molecule has 0 aromatic heterocycles. The summed E-state index contributed by atoms with van der Waals surface area (Å²) in [6, 6.07) is 2.15. The lowest BCUT2D eigenvalue weighted by Crippen LogP contribution is -2.25. The van der Waals surface area contributed by atoms with Crippen LogP contribution in [0.25, 0.3) is 0 Å². The molecule has 0 heterocycles. The number of aromatic carboxylic acids is 2. The third-order valence-corrected chi connectivity index (χ3v) is 1.60. The Hall–Kier alpha value is -2.44. The van der Waals surface area contributed by atoms with Crippen LogP contribution in [0, 0.1) is 10.1 Å². The van der Waals surface area contributed by atoms with E-state index in [1.54, 1.807) is 0 Å². The molecular formula is C8H3NO6-2. The number of hydrogen-bond donors (Lipinski definition) is 0. The summed E-state index contributed by atoms with van der Waals surface area (Å²) >= 11 is 0. The van der Waals surface area contributed by atoms with Gasteiger partial charge in [0.15, 0.2) is 0 Å². The Morgan fingerprint density at radius 3 is 1.67 bits per heavy atom. The zero-order valence-corrected chi connectivity index (χ0v) is 7.13. The van der Waals surface area contributed by atoms with E-state index in [2.05, 4.69) is 0 Å². The lowest BCUT2D eigenvalue weighted by atomic mass is 10.1. The summed E-state index contributed by atoms with van der Waals surface area (Å²) in [4.78, 5) is 30.2. The highest BCUT2D eigenvalue weighted by Gasteiger charge is 2.10. The molecule has 1 aromatic rings. The lowest BCUT2D eigenvalue weighted by molar-refractivity contribution is -0.385. The number of carbonyl (C=O) groups is 2. The van der Waals surface area contributed by atoms with E-state index in [0.717, 1.165) is 6.07 Å². The van der Waals surface area contributed by atoms with Crippen LogP contribution in [0.1, 0.15) is 20.7 Å². The quantitative estimate of drug-likeness (QED) is 0.432. The van der Waals surface area contributed by atoms with Crippen molar-refractivity contribution >= 4 is 17.6 Å². The minimum atomic E-state index is -1.69. The second-order valence-corrected chi connectivity index (χ2v) is 2.60. The molecule has 0 saturated heterocycles. The molecule has 0 saturated carbocycles. The first-order valence-corrected chi connectivity index (χ1v) is 3.64. The van der Waals surface area contributed by atoms with E-state index >= 15 is 0 Å². The number of rotatable bonds is 3. The predicted molar refractivity (Wildman–Crippen MR) is 41.8 cm³/mol. The lowest BCUT2D eigenvalue weighted by Gasteiger charge is -2.06. The SMILES string of the molecule is O=C([O-])c1cc(C(=O)[O-])cc([N+](=O)[O-])c1. The van der Waals surface area contributed by atoms with Crippen LogP contribution in [0.3, 0.4) is 0 Å². The van der Waals surface area contributed by atoms with Crippen molar-refractivity contribution in [1.29, 1.82) is 0 Å². The van der Waals surface area contributed by atoms with Crippen molar-refractivity contribution in [1.82, 2.24) is 0 Å². The zero-order valence-electron chi connectivity index (χ0n) is 7.13. The van der Waals surface area contributed by atoms with Gasteiger partial charge in [-0.05, 0) is 6.07 Å². The van der Waals surface area contributed by atoms with Gasteiger partial charge in [0.2, 0.25) is 0 Å². The normalized spacial score (nSPS) is 9.60. The number of carboxylic acid groups (broad SMARTS) is 2. The van der Waals surface area contributed by atoms with Gasteiger partial charge in [-0.25, -0.2) is 0 Å². The van der Waals surface area contributed by atoms with E-state index in [-0.39, 0.29) is 0 Å². The molecule has 0 aliphatic carbocycles. The average molecular weight is 209 g/mol. The number of nitro groups is 1. The second-order valence-electron chi connectivity index (χ2n) is 2.60. The minimum Gasteiger partial charge on any atom is -0.545 e. The van der Waals surface area contributed by atoms with Crippen LogP contribution in [0.15, 0.2) is 18.2 Å². The number of non-ortho nitro benzene ring substituents is 1. The molecule has 0 unspecified atom stereocenters. The third kappa shape index (κ3) is 2.27. The molecule has 0 bridgehead atoms. The predicted octanol–water partition coefficient (Wildman–Crippen LogP) is -1.68. The van der Waals surface area contributed by atoms with Crippen molar-refractivity contribution in [2.24, 2.45) is 0 Å². The van der Waals surface area contributed by atoms with Gasteiger partial charge in [0, 0.05) is 23.3 Å². The number of nitro benzene ring substituents is 1. The second kappa shape index (κ2) is 3.74. The van der Waals surface area contributed by atoms with Crippen molar-refractivity contribution in [3.63, 3.8) is 0 Å². The van der Waals surface area contributed by atoms with Gasteiger partial charge >= 0.3 is 0 Å². The summed E-state index contributed by atoms with van der Waals surface area (Å²) in [5.74, 6) is -3.39. The van der Waals surface area contributed by atoms with Gasteiger partial charge in [-0.1, -0.05) is 0 Å². The van der Waals surface area contributed by atoms with E-state index < -0.39 is 33.7 Å². The molecular weight excluding hydrogens is 206 g/mol. The summed E-state index contributed by atoms with van der Waals surface area (Å²) in [6.07, 6.45) is 0. The average Bonchev–Trinajstić information content (AvgIpc) is 2.16. The topological polar surface area (TPSA) is 123 Å². The van der Waals surface area contributed by atoms with Crippen LogP contribution in [0.2, 0.25) is 0 Å². The van der Waals surface area contributed by atoms with Gasteiger partial charge in [-0.3, -0.25) is 10.1 Å². The first-order valence-electron chi connectivity index (χ1n) is 3.64. The van der Waals surface area contributed by atoms with E-state index in [1.807, 2.05) is 0 Å². The summed E-state index contributed by atoms with van der Waals surface area (Å²) in [6.45, 7) is 0. The molecule has 0 N–H and O–H groups in total. The van der Waals surface area contributed by atoms with E-state index in [1.165, 1.54) is 0 Å². The number of nitrogens with zero attached hydrogens (tertiary/aromatic N) is 1. The summed E-state index contributed by atoms with van der Waals surface area (Å²) in [5.41, 5.74) is -1.80. The Morgan fingerprint density at radius 2 is 1.40 bits per heavy atom. The van der Waals surface area contributed by atoms with Crippen LogP contribution in [-0.2, 0) is 0 Å². The molecule has 0 amide bonds. The highest BCUT2D eigenvalue weighted by molar-refractivity contribution is 5.93. The molecule has 1 aromatic carbocycles. The fourth-order valence-electron chi connectivity index (χ4n) is 0.952. The Labute approximate surface area is 82.7 Å². The number of hydrogen-bond acceptors (Lipinski definition) is 6. The molecule has 7 nitrogen and oxygen atoms in total. The molecule has 0 aliphatic heterocycles. The van der Waals surface area contributed by atoms with Gasteiger partial charge < -0.3 is 19.8 Å². The van der Waals surface area contributed by atoms with Crippen molar-refractivity contribution < 1.29 is 24.7 Å². The fourth-order valence-corrected chi connectivity index (χ4v) is 0.952. The largest absolute Gasteiger partial charge is 0.545 e. The zero-order chi connectivity index (χ0) is 11.6. The Kier molecular flexibility index (Phi) is 2.65. The van der Waals surface area contributed by atoms with Crippen LogP contribution < -0.4 is 10.2 Å². The first-order chi connectivity index (χ1) is 6.91. The molecule has 0 radical (unpaired) electrons. The Balaban J connectivity index is 3.39. The van der Waals surface area contributed by atoms with Crippen molar-refractivity contribution in [2.45, 2.75) is 0 Å². The van der Waals surface area contributed by atoms with Crippen LogP contribution in [0.4, 0.5) is 5.69 Å². The van der Waals surface area contributed by atoms with Crippen LogP contribution in [-0.4, -0.2) is 16.9 Å². The highest BCUT2D eigenvalue weighted by Crippen LogP contribution is 2.16. The van der Waals surface area contributed by atoms with Crippen LogP contribution in [0.5, 0.6) is 0 Å². The van der Waals surface area contributed by atoms with Gasteiger partial charge in [0.05, 0.1) is 16.9 Å². The van der Waals surface area contributed by atoms with Crippen LogP contribution >= 0.6 is 0 Å². The molecule has 1 rings (SSSR count). The van der Waals surface area contributed by atoms with E-state index in [0.29, 0.717) is 12.1 Å². The molecule has 15 heavy (non-hydrogen) atoms. The number of benzene rings is 1. The summed E-state index contributed by atoms with van der Waals surface area (Å²) in [7, 11) is 0. The van der Waals surface area contributed by atoms with Crippen molar-refractivity contribution in [2.75, 3.05) is 0 Å². The summed E-state index contributed by atoms with van der Waals surface area (Å²) < 4.78 is 0. The molecule has 0 spiro atoms. The maximum absolute atomic E-state index is 10.4. The van der Waals surface area contributed by atoms with Gasteiger partial charge in [-0.15, -0.1) is 0 Å². The molecule has 7 heteroatoms. The Morgan fingerprint density at radius 1 is 1.00 bits per heavy atom. The fraction of sp³-hybridized carbons (Fsp3) is 0. The molecule has 0 fully saturated rings. The standard InChI is InChI=1S/C8H5NO6/c10-7(11)4-1-5(8(12)13)3-6(2-4)9(14)15/h1-3H,(H,10,11)(H,12,13)/p-2.